The Hall–Kier alpha value is -4.04. The topological polar surface area (TPSA) is 93.1 Å². The molecule has 8 heteroatoms. The van der Waals surface area contributed by atoms with Crippen molar-refractivity contribution in [1.82, 2.24) is 14.9 Å². The summed E-state index contributed by atoms with van der Waals surface area (Å²) in [5.41, 5.74) is 2.12. The number of benzene rings is 2. The molecule has 0 saturated heterocycles. The molecule has 0 spiro atoms. The second kappa shape index (κ2) is 9.40. The van der Waals surface area contributed by atoms with E-state index in [2.05, 4.69) is 15.6 Å². The normalized spacial score (nSPS) is 10.5. The van der Waals surface area contributed by atoms with E-state index in [1.807, 2.05) is 60.7 Å². The SMILES string of the molecule is Cc1nc(NC(=O)c2ccn(-c3ccccc3)c(=O)c2)sc1C(=O)NCc1ccccc1. The van der Waals surface area contributed by atoms with Crippen molar-refractivity contribution in [2.24, 2.45) is 0 Å². The van der Waals surface area contributed by atoms with Gasteiger partial charge in [0.05, 0.1) is 5.69 Å². The molecule has 2 aromatic heterocycles. The third-order valence-electron chi connectivity index (χ3n) is 4.74. The zero-order chi connectivity index (χ0) is 22.5. The van der Waals surface area contributed by atoms with E-state index in [1.165, 1.54) is 10.6 Å². The van der Waals surface area contributed by atoms with E-state index in [4.69, 9.17) is 0 Å². The average Bonchev–Trinajstić information content (AvgIpc) is 3.18. The van der Waals surface area contributed by atoms with Crippen LogP contribution in [0, 0.1) is 6.92 Å². The van der Waals surface area contributed by atoms with Gasteiger partial charge in [0, 0.05) is 30.1 Å². The molecule has 2 amide bonds. The Balaban J connectivity index is 1.44. The van der Waals surface area contributed by atoms with Gasteiger partial charge in [-0.3, -0.25) is 24.3 Å². The van der Waals surface area contributed by atoms with Crippen LogP contribution in [0.4, 0.5) is 5.13 Å². The van der Waals surface area contributed by atoms with Crippen molar-refractivity contribution in [3.05, 3.63) is 111 Å². The number of aryl methyl sites for hydroxylation is 1. The fraction of sp³-hybridized carbons (Fsp3) is 0.0833. The number of para-hydroxylation sites is 1. The smallest absolute Gasteiger partial charge is 0.263 e. The molecule has 2 heterocycles. The molecule has 0 saturated carbocycles. The molecular formula is C24H20N4O3S. The molecular weight excluding hydrogens is 424 g/mol. The average molecular weight is 445 g/mol. The van der Waals surface area contributed by atoms with Crippen LogP contribution < -0.4 is 16.2 Å². The van der Waals surface area contributed by atoms with Gasteiger partial charge >= 0.3 is 0 Å². The van der Waals surface area contributed by atoms with Crippen LogP contribution in [0.2, 0.25) is 0 Å². The summed E-state index contributed by atoms with van der Waals surface area (Å²) in [4.78, 5) is 42.3. The largest absolute Gasteiger partial charge is 0.347 e. The highest BCUT2D eigenvalue weighted by Gasteiger charge is 2.17. The number of pyridine rings is 1. The predicted molar refractivity (Wildman–Crippen MR) is 124 cm³/mol. The van der Waals surface area contributed by atoms with E-state index in [0.29, 0.717) is 27.9 Å². The molecule has 0 aliphatic heterocycles. The van der Waals surface area contributed by atoms with Gasteiger partial charge in [-0.25, -0.2) is 4.98 Å². The number of hydrogen-bond acceptors (Lipinski definition) is 5. The van der Waals surface area contributed by atoms with Gasteiger partial charge in [0.1, 0.15) is 4.88 Å². The van der Waals surface area contributed by atoms with Gasteiger partial charge < -0.3 is 5.32 Å². The zero-order valence-electron chi connectivity index (χ0n) is 17.2. The standard InChI is InChI=1S/C24H20N4O3S/c1-16-21(23(31)25-15-17-8-4-2-5-9-17)32-24(26-16)27-22(30)18-12-13-28(20(29)14-18)19-10-6-3-7-11-19/h2-14H,15H2,1H3,(H,25,31)(H,26,27,30). The Labute approximate surface area is 188 Å². The van der Waals surface area contributed by atoms with Crippen molar-refractivity contribution in [1.29, 1.82) is 0 Å². The fourth-order valence-electron chi connectivity index (χ4n) is 3.11. The summed E-state index contributed by atoms with van der Waals surface area (Å²) >= 11 is 1.09. The van der Waals surface area contributed by atoms with E-state index in [0.717, 1.165) is 16.9 Å². The monoisotopic (exact) mass is 444 g/mol. The summed E-state index contributed by atoms with van der Waals surface area (Å²) in [7, 11) is 0. The Kier molecular flexibility index (Phi) is 6.23. The lowest BCUT2D eigenvalue weighted by Crippen LogP contribution is -2.22. The van der Waals surface area contributed by atoms with Gasteiger partial charge in [-0.05, 0) is 30.7 Å². The minimum absolute atomic E-state index is 0.213. The highest BCUT2D eigenvalue weighted by molar-refractivity contribution is 7.17. The first-order chi connectivity index (χ1) is 15.5. The summed E-state index contributed by atoms with van der Waals surface area (Å²) < 4.78 is 1.46. The maximum atomic E-state index is 12.6. The predicted octanol–water partition coefficient (Wildman–Crippen LogP) is 3.78. The Morgan fingerprint density at radius 2 is 1.66 bits per heavy atom. The van der Waals surface area contributed by atoms with Gasteiger partial charge in [0.2, 0.25) is 0 Å². The number of thiazole rings is 1. The van der Waals surface area contributed by atoms with E-state index < -0.39 is 5.91 Å². The van der Waals surface area contributed by atoms with E-state index >= 15 is 0 Å². The molecule has 4 rings (SSSR count). The number of nitrogens with one attached hydrogen (secondary N) is 2. The first-order valence-electron chi connectivity index (χ1n) is 9.90. The van der Waals surface area contributed by atoms with Crippen LogP contribution in [0.1, 0.15) is 31.3 Å². The fourth-order valence-corrected chi connectivity index (χ4v) is 3.99. The lowest BCUT2D eigenvalue weighted by Gasteiger charge is -2.07. The van der Waals surface area contributed by atoms with Gasteiger partial charge in [-0.1, -0.05) is 59.9 Å². The molecule has 2 aromatic carbocycles. The molecule has 7 nitrogen and oxygen atoms in total. The van der Waals surface area contributed by atoms with Crippen LogP contribution in [-0.2, 0) is 6.54 Å². The number of carbonyl (C=O) groups excluding carboxylic acids is 2. The molecule has 160 valence electrons. The number of nitrogens with zero attached hydrogens (tertiary/aromatic N) is 2. The van der Waals surface area contributed by atoms with Crippen molar-refractivity contribution in [2.75, 3.05) is 5.32 Å². The minimum Gasteiger partial charge on any atom is -0.347 e. The quantitative estimate of drug-likeness (QED) is 0.473. The van der Waals surface area contributed by atoms with Crippen LogP contribution >= 0.6 is 11.3 Å². The van der Waals surface area contributed by atoms with Crippen molar-refractivity contribution in [3.63, 3.8) is 0 Å². The molecule has 0 aliphatic rings. The molecule has 0 unspecified atom stereocenters. The van der Waals surface area contributed by atoms with Crippen LogP contribution in [0.15, 0.2) is 83.8 Å². The molecule has 4 aromatic rings. The Morgan fingerprint density at radius 3 is 2.34 bits per heavy atom. The number of amides is 2. The van der Waals surface area contributed by atoms with Crippen LogP contribution in [0.25, 0.3) is 5.69 Å². The zero-order valence-corrected chi connectivity index (χ0v) is 18.1. The lowest BCUT2D eigenvalue weighted by molar-refractivity contribution is 0.0953. The van der Waals surface area contributed by atoms with Gasteiger partial charge in [-0.15, -0.1) is 0 Å². The van der Waals surface area contributed by atoms with Gasteiger partial charge in [-0.2, -0.15) is 0 Å². The summed E-state index contributed by atoms with van der Waals surface area (Å²) in [5, 5.41) is 5.83. The number of carbonyl (C=O) groups is 2. The van der Waals surface area contributed by atoms with Crippen LogP contribution in [0.3, 0.4) is 0 Å². The first-order valence-corrected chi connectivity index (χ1v) is 10.7. The Morgan fingerprint density at radius 1 is 0.969 bits per heavy atom. The third-order valence-corrected chi connectivity index (χ3v) is 5.81. The lowest BCUT2D eigenvalue weighted by atomic mass is 10.2. The van der Waals surface area contributed by atoms with E-state index in [1.54, 1.807) is 19.2 Å². The number of anilines is 1. The third kappa shape index (κ3) is 4.81. The molecule has 0 aliphatic carbocycles. The molecule has 0 atom stereocenters. The van der Waals surface area contributed by atoms with Gasteiger partial charge in [0.25, 0.3) is 17.4 Å². The second-order valence-electron chi connectivity index (χ2n) is 7.02. The number of hydrogen-bond donors (Lipinski definition) is 2. The summed E-state index contributed by atoms with van der Waals surface area (Å²) in [6.07, 6.45) is 1.56. The van der Waals surface area contributed by atoms with Crippen molar-refractivity contribution in [2.45, 2.75) is 13.5 Å². The number of aromatic nitrogens is 2. The summed E-state index contributed by atoms with van der Waals surface area (Å²) in [5.74, 6) is -0.720. The van der Waals surface area contributed by atoms with E-state index in [-0.39, 0.29) is 17.0 Å². The highest BCUT2D eigenvalue weighted by Crippen LogP contribution is 2.23. The second-order valence-corrected chi connectivity index (χ2v) is 8.01. The first kappa shape index (κ1) is 21.2. The number of rotatable bonds is 6. The highest BCUT2D eigenvalue weighted by atomic mass is 32.1. The van der Waals surface area contributed by atoms with Crippen LogP contribution in [-0.4, -0.2) is 21.4 Å². The minimum atomic E-state index is -0.465. The summed E-state index contributed by atoms with van der Waals surface area (Å²) in [6.45, 7) is 2.11. The molecule has 0 fully saturated rings. The van der Waals surface area contributed by atoms with Crippen LogP contribution in [0.5, 0.6) is 0 Å². The van der Waals surface area contributed by atoms with Gasteiger partial charge in [0.15, 0.2) is 5.13 Å². The molecule has 0 bridgehead atoms. The summed E-state index contributed by atoms with van der Waals surface area (Å²) in [6, 6.07) is 21.6. The molecule has 0 radical (unpaired) electrons. The van der Waals surface area contributed by atoms with Crippen molar-refractivity contribution in [3.8, 4) is 5.69 Å². The molecule has 32 heavy (non-hydrogen) atoms. The maximum Gasteiger partial charge on any atom is 0.263 e. The van der Waals surface area contributed by atoms with Crippen molar-refractivity contribution < 1.29 is 9.59 Å². The molecule has 2 N–H and O–H groups in total. The van der Waals surface area contributed by atoms with E-state index in [9.17, 15) is 14.4 Å². The van der Waals surface area contributed by atoms with Crippen molar-refractivity contribution >= 4 is 28.3 Å². The Bertz CT molecular complexity index is 1310. The maximum absolute atomic E-state index is 12.6.